The molecule has 1 aromatic rings. The monoisotopic (exact) mass is 342 g/mol. The van der Waals surface area contributed by atoms with Crippen LogP contribution in [0.3, 0.4) is 0 Å². The first-order valence-corrected chi connectivity index (χ1v) is 8.66. The summed E-state index contributed by atoms with van der Waals surface area (Å²) in [6.45, 7) is 12.7. The van der Waals surface area contributed by atoms with Crippen molar-refractivity contribution in [3.05, 3.63) is 48.1 Å². The molecule has 0 aliphatic heterocycles. The lowest BCUT2D eigenvalue weighted by Gasteiger charge is -2.35. The maximum atomic E-state index is 12.2. The van der Waals surface area contributed by atoms with Gasteiger partial charge in [0.15, 0.2) is 0 Å². The van der Waals surface area contributed by atoms with Crippen molar-refractivity contribution in [1.29, 1.82) is 0 Å². The lowest BCUT2D eigenvalue weighted by Crippen LogP contribution is -2.37. The molecule has 134 valence electrons. The third-order valence-electron chi connectivity index (χ3n) is 4.89. The smallest absolute Gasteiger partial charge is 0.333 e. The van der Waals surface area contributed by atoms with Gasteiger partial charge in [0.1, 0.15) is 11.4 Å². The Hall–Kier alpha value is -2.36. The van der Waals surface area contributed by atoms with E-state index in [1.54, 1.807) is 19.1 Å². The van der Waals surface area contributed by atoms with Crippen LogP contribution in [-0.4, -0.2) is 17.5 Å². The molecule has 4 nitrogen and oxygen atoms in total. The molecule has 25 heavy (non-hydrogen) atoms. The summed E-state index contributed by atoms with van der Waals surface area (Å²) in [5.41, 5.74) is 1.80. The molecule has 1 aliphatic rings. The first-order chi connectivity index (χ1) is 11.8. The summed E-state index contributed by atoms with van der Waals surface area (Å²) < 4.78 is 11.2. The molecule has 0 aromatic heterocycles. The van der Waals surface area contributed by atoms with Crippen LogP contribution < -0.4 is 4.74 Å². The Bertz CT molecular complexity index is 704. The van der Waals surface area contributed by atoms with Crippen molar-refractivity contribution in [2.24, 2.45) is 0 Å². The van der Waals surface area contributed by atoms with Gasteiger partial charge in [0.05, 0.1) is 0 Å². The van der Waals surface area contributed by atoms with Crippen molar-refractivity contribution in [2.45, 2.75) is 58.0 Å². The first-order valence-electron chi connectivity index (χ1n) is 8.66. The second kappa shape index (κ2) is 7.68. The predicted molar refractivity (Wildman–Crippen MR) is 98.4 cm³/mol. The maximum absolute atomic E-state index is 12.2. The first kappa shape index (κ1) is 19.0. The Balaban J connectivity index is 2.46. The van der Waals surface area contributed by atoms with Gasteiger partial charge in [-0.3, -0.25) is 4.79 Å². The quantitative estimate of drug-likeness (QED) is 0.424. The molecule has 0 N–H and O–H groups in total. The highest BCUT2D eigenvalue weighted by atomic mass is 16.6. The molecule has 1 saturated carbocycles. The van der Waals surface area contributed by atoms with Gasteiger partial charge in [-0.1, -0.05) is 32.2 Å². The highest BCUT2D eigenvalue weighted by molar-refractivity contribution is 5.87. The number of hydrogen-bond acceptors (Lipinski definition) is 4. The number of rotatable bonds is 6. The zero-order valence-electron chi connectivity index (χ0n) is 15.3. The van der Waals surface area contributed by atoms with Crippen LogP contribution in [-0.2, 0) is 14.3 Å². The number of hydrogen-bond donors (Lipinski definition) is 0. The summed E-state index contributed by atoms with van der Waals surface area (Å²) in [6, 6.07) is 5.51. The summed E-state index contributed by atoms with van der Waals surface area (Å²) in [7, 11) is 0. The number of carbonyl (C=O) groups is 2. The minimum Gasteiger partial charge on any atom is -0.455 e. The van der Waals surface area contributed by atoms with Crippen molar-refractivity contribution in [3.63, 3.8) is 0 Å². The lowest BCUT2D eigenvalue weighted by atomic mass is 9.80. The largest absolute Gasteiger partial charge is 0.455 e. The van der Waals surface area contributed by atoms with E-state index in [2.05, 4.69) is 13.2 Å². The molecule has 1 fully saturated rings. The van der Waals surface area contributed by atoms with Gasteiger partial charge in [0.25, 0.3) is 0 Å². The van der Waals surface area contributed by atoms with Crippen LogP contribution in [0.15, 0.2) is 36.9 Å². The normalized spacial score (nSPS) is 22.3. The van der Waals surface area contributed by atoms with Crippen molar-refractivity contribution in [2.75, 3.05) is 0 Å². The summed E-state index contributed by atoms with van der Waals surface area (Å²) in [6.07, 6.45) is 5.18. The van der Waals surface area contributed by atoms with E-state index in [1.807, 2.05) is 19.1 Å². The fourth-order valence-corrected chi connectivity index (χ4v) is 3.64. The highest BCUT2D eigenvalue weighted by Gasteiger charge is 2.46. The number of esters is 2. The van der Waals surface area contributed by atoms with E-state index in [-0.39, 0.29) is 17.9 Å². The second-order valence-electron chi connectivity index (χ2n) is 6.62. The topological polar surface area (TPSA) is 52.6 Å². The van der Waals surface area contributed by atoms with Gasteiger partial charge < -0.3 is 9.47 Å². The molecule has 2 unspecified atom stereocenters. The van der Waals surface area contributed by atoms with Crippen molar-refractivity contribution < 1.29 is 19.1 Å². The maximum Gasteiger partial charge on any atom is 0.333 e. The molecule has 2 atom stereocenters. The van der Waals surface area contributed by atoms with Crippen LogP contribution in [0.1, 0.15) is 63.5 Å². The van der Waals surface area contributed by atoms with Gasteiger partial charge in [0, 0.05) is 18.4 Å². The molecular weight excluding hydrogens is 316 g/mol. The molecule has 2 rings (SSSR count). The van der Waals surface area contributed by atoms with Crippen LogP contribution >= 0.6 is 0 Å². The SMILES string of the molecule is C=Cc1ccc(OC(C)=O)cc1C1CCCC1(CC)OC(=O)C(=C)C. The average Bonchev–Trinajstić information content (AvgIpc) is 2.98. The summed E-state index contributed by atoms with van der Waals surface area (Å²) in [5, 5.41) is 0. The summed E-state index contributed by atoms with van der Waals surface area (Å²) in [4.78, 5) is 23.5. The van der Waals surface area contributed by atoms with Crippen molar-refractivity contribution in [1.82, 2.24) is 0 Å². The summed E-state index contributed by atoms with van der Waals surface area (Å²) in [5.74, 6) is -0.190. The fraction of sp³-hybridized carbons (Fsp3) is 0.429. The summed E-state index contributed by atoms with van der Waals surface area (Å²) >= 11 is 0. The fourth-order valence-electron chi connectivity index (χ4n) is 3.64. The number of ether oxygens (including phenoxy) is 2. The molecule has 4 heteroatoms. The van der Waals surface area contributed by atoms with E-state index in [0.717, 1.165) is 30.4 Å². The average molecular weight is 342 g/mol. The van der Waals surface area contributed by atoms with E-state index < -0.39 is 5.60 Å². The predicted octanol–water partition coefficient (Wildman–Crippen LogP) is 4.79. The van der Waals surface area contributed by atoms with Crippen LogP contribution in [0.25, 0.3) is 6.08 Å². The van der Waals surface area contributed by atoms with Crippen molar-refractivity contribution in [3.8, 4) is 5.75 Å². The number of benzene rings is 1. The standard InChI is InChI=1S/C21H26O4/c1-6-16-10-11-17(24-15(5)22)13-18(16)19-9-8-12-21(19,7-2)25-20(23)14(3)4/h6,10-11,13,19H,1,3,7-9,12H2,2,4-5H3. The van der Waals surface area contributed by atoms with E-state index in [9.17, 15) is 9.59 Å². The molecule has 0 heterocycles. The van der Waals surface area contributed by atoms with Gasteiger partial charge >= 0.3 is 11.9 Å². The van der Waals surface area contributed by atoms with E-state index in [1.165, 1.54) is 6.92 Å². The Morgan fingerprint density at radius 2 is 2.08 bits per heavy atom. The molecule has 1 aromatic carbocycles. The Kier molecular flexibility index (Phi) is 5.83. The van der Waals surface area contributed by atoms with Gasteiger partial charge in [-0.15, -0.1) is 0 Å². The lowest BCUT2D eigenvalue weighted by molar-refractivity contribution is -0.156. The third kappa shape index (κ3) is 4.01. The molecular formula is C21H26O4. The van der Waals surface area contributed by atoms with Crippen molar-refractivity contribution >= 4 is 18.0 Å². The molecule has 0 bridgehead atoms. The Morgan fingerprint density at radius 3 is 2.64 bits per heavy atom. The van der Waals surface area contributed by atoms with E-state index >= 15 is 0 Å². The molecule has 0 saturated heterocycles. The van der Waals surface area contributed by atoms with E-state index in [4.69, 9.17) is 9.47 Å². The molecule has 0 spiro atoms. The van der Waals surface area contributed by atoms with Gasteiger partial charge in [0.2, 0.25) is 0 Å². The van der Waals surface area contributed by atoms with Crippen LogP contribution in [0.2, 0.25) is 0 Å². The minimum atomic E-state index is -0.567. The molecule has 0 radical (unpaired) electrons. The molecule has 0 amide bonds. The van der Waals surface area contributed by atoms with Gasteiger partial charge in [-0.05, 0) is 55.9 Å². The second-order valence-corrected chi connectivity index (χ2v) is 6.62. The van der Waals surface area contributed by atoms with Crippen LogP contribution in [0.4, 0.5) is 0 Å². The highest BCUT2D eigenvalue weighted by Crippen LogP contribution is 2.49. The zero-order chi connectivity index (χ0) is 18.6. The van der Waals surface area contributed by atoms with Gasteiger partial charge in [-0.25, -0.2) is 4.79 Å². The van der Waals surface area contributed by atoms with Crippen LogP contribution in [0, 0.1) is 0 Å². The Morgan fingerprint density at radius 1 is 1.36 bits per heavy atom. The minimum absolute atomic E-state index is 0.0318. The van der Waals surface area contributed by atoms with E-state index in [0.29, 0.717) is 17.7 Å². The zero-order valence-corrected chi connectivity index (χ0v) is 15.3. The molecule has 1 aliphatic carbocycles. The Labute approximate surface area is 149 Å². The number of carbonyl (C=O) groups excluding carboxylic acids is 2. The van der Waals surface area contributed by atoms with Crippen LogP contribution in [0.5, 0.6) is 5.75 Å². The third-order valence-corrected chi connectivity index (χ3v) is 4.89. The van der Waals surface area contributed by atoms with Gasteiger partial charge in [-0.2, -0.15) is 0 Å².